The minimum absolute atomic E-state index is 0.709. The first-order chi connectivity index (χ1) is 5.30. The van der Waals surface area contributed by atoms with Gasteiger partial charge in [-0.05, 0) is 12.8 Å². The van der Waals surface area contributed by atoms with E-state index >= 15 is 0 Å². The van der Waals surface area contributed by atoms with Crippen LogP contribution in [0.3, 0.4) is 0 Å². The zero-order chi connectivity index (χ0) is 8.10. The summed E-state index contributed by atoms with van der Waals surface area (Å²) in [6.45, 7) is 0. The molecular formula is C9H16Br2. The second-order valence-electron chi connectivity index (χ2n) is 3.38. The van der Waals surface area contributed by atoms with E-state index in [0.29, 0.717) is 9.65 Å². The monoisotopic (exact) mass is 282 g/mol. The van der Waals surface area contributed by atoms with Crippen molar-refractivity contribution in [1.82, 2.24) is 0 Å². The van der Waals surface area contributed by atoms with Crippen LogP contribution in [-0.4, -0.2) is 9.65 Å². The summed E-state index contributed by atoms with van der Waals surface area (Å²) < 4.78 is 0. The van der Waals surface area contributed by atoms with Crippen LogP contribution in [-0.2, 0) is 0 Å². The molecule has 11 heavy (non-hydrogen) atoms. The van der Waals surface area contributed by atoms with Crippen molar-refractivity contribution in [2.24, 2.45) is 0 Å². The van der Waals surface area contributed by atoms with Gasteiger partial charge in [-0.3, -0.25) is 0 Å². The van der Waals surface area contributed by atoms with Gasteiger partial charge in [-0.2, -0.15) is 0 Å². The molecular weight excluding hydrogens is 268 g/mol. The normalized spacial score (nSPS) is 35.5. The highest BCUT2D eigenvalue weighted by Gasteiger charge is 2.15. The molecule has 1 rings (SSSR count). The van der Waals surface area contributed by atoms with E-state index in [9.17, 15) is 0 Å². The Balaban J connectivity index is 2.29. The molecule has 0 N–H and O–H groups in total. The van der Waals surface area contributed by atoms with Gasteiger partial charge in [0.2, 0.25) is 0 Å². The van der Waals surface area contributed by atoms with Crippen LogP contribution in [0.15, 0.2) is 0 Å². The van der Waals surface area contributed by atoms with Crippen molar-refractivity contribution in [2.45, 2.75) is 54.6 Å². The number of halogens is 2. The van der Waals surface area contributed by atoms with Crippen LogP contribution in [0.5, 0.6) is 0 Å². The minimum atomic E-state index is 0.709. The summed E-state index contributed by atoms with van der Waals surface area (Å²) in [6.07, 6.45) is 9.80. The highest BCUT2D eigenvalue weighted by atomic mass is 79.9. The Morgan fingerprint density at radius 2 is 1.00 bits per heavy atom. The average Bonchev–Trinajstić information content (AvgIpc) is 2.07. The molecule has 0 saturated heterocycles. The van der Waals surface area contributed by atoms with E-state index < -0.39 is 0 Å². The summed E-state index contributed by atoms with van der Waals surface area (Å²) in [5, 5.41) is 0. The van der Waals surface area contributed by atoms with Gasteiger partial charge < -0.3 is 0 Å². The molecule has 66 valence electrons. The second-order valence-corrected chi connectivity index (χ2v) is 5.73. The fourth-order valence-corrected chi connectivity index (χ4v) is 2.75. The largest absolute Gasteiger partial charge is 0.0879 e. The minimum Gasteiger partial charge on any atom is -0.0879 e. The molecule has 0 aromatic rings. The van der Waals surface area contributed by atoms with E-state index in [1.54, 1.807) is 0 Å². The average molecular weight is 284 g/mol. The van der Waals surface area contributed by atoms with Gasteiger partial charge >= 0.3 is 0 Å². The number of hydrogen-bond donors (Lipinski definition) is 0. The Kier molecular flexibility index (Phi) is 5.09. The summed E-state index contributed by atoms with van der Waals surface area (Å²) in [7, 11) is 0. The molecule has 0 heterocycles. The van der Waals surface area contributed by atoms with Crippen LogP contribution in [0.1, 0.15) is 44.9 Å². The molecule has 0 bridgehead atoms. The zero-order valence-electron chi connectivity index (χ0n) is 6.86. The van der Waals surface area contributed by atoms with Gasteiger partial charge in [0.1, 0.15) is 0 Å². The lowest BCUT2D eigenvalue weighted by Crippen LogP contribution is -2.12. The lowest BCUT2D eigenvalue weighted by Gasteiger charge is -2.14. The highest BCUT2D eigenvalue weighted by Crippen LogP contribution is 2.27. The fourth-order valence-electron chi connectivity index (χ4n) is 1.57. The molecule has 0 amide bonds. The van der Waals surface area contributed by atoms with E-state index in [1.165, 1.54) is 44.9 Å². The number of alkyl halides is 2. The Hall–Kier alpha value is 0.960. The third-order valence-electron chi connectivity index (χ3n) is 2.35. The van der Waals surface area contributed by atoms with Crippen molar-refractivity contribution in [1.29, 1.82) is 0 Å². The van der Waals surface area contributed by atoms with Crippen molar-refractivity contribution in [3.05, 3.63) is 0 Å². The second kappa shape index (κ2) is 5.58. The van der Waals surface area contributed by atoms with Gasteiger partial charge in [0.05, 0.1) is 0 Å². The third kappa shape index (κ3) is 3.93. The zero-order valence-corrected chi connectivity index (χ0v) is 10.0. The molecule has 0 radical (unpaired) electrons. The van der Waals surface area contributed by atoms with Gasteiger partial charge in [0, 0.05) is 9.65 Å². The summed E-state index contributed by atoms with van der Waals surface area (Å²) in [5.74, 6) is 0. The van der Waals surface area contributed by atoms with Gasteiger partial charge in [0.15, 0.2) is 0 Å². The summed E-state index contributed by atoms with van der Waals surface area (Å²) >= 11 is 7.45. The van der Waals surface area contributed by atoms with Crippen molar-refractivity contribution in [2.75, 3.05) is 0 Å². The van der Waals surface area contributed by atoms with Gasteiger partial charge in [-0.25, -0.2) is 0 Å². The maximum absolute atomic E-state index is 3.73. The van der Waals surface area contributed by atoms with E-state index in [1.807, 2.05) is 0 Å². The standard InChI is InChI=1S/C9H16Br2/c10-8-6-4-2-1-3-5-7-9(8)11/h8-9H,1-7H2. The SMILES string of the molecule is BrC1CCCCCCCC1Br. The maximum Gasteiger partial charge on any atom is 0.0271 e. The smallest absolute Gasteiger partial charge is 0.0271 e. The molecule has 2 atom stereocenters. The summed E-state index contributed by atoms with van der Waals surface area (Å²) in [4.78, 5) is 1.42. The molecule has 2 heteroatoms. The lowest BCUT2D eigenvalue weighted by atomic mass is 10.1. The first-order valence-corrected chi connectivity index (χ1v) is 6.42. The van der Waals surface area contributed by atoms with Crippen LogP contribution in [0, 0.1) is 0 Å². The molecule has 0 spiro atoms. The van der Waals surface area contributed by atoms with Crippen molar-refractivity contribution in [3.8, 4) is 0 Å². The van der Waals surface area contributed by atoms with Crippen LogP contribution in [0.2, 0.25) is 0 Å². The molecule has 0 aromatic carbocycles. The molecule has 1 saturated carbocycles. The summed E-state index contributed by atoms with van der Waals surface area (Å²) in [5.41, 5.74) is 0. The first-order valence-electron chi connectivity index (χ1n) is 4.59. The van der Waals surface area contributed by atoms with E-state index in [0.717, 1.165) is 0 Å². The van der Waals surface area contributed by atoms with Crippen LogP contribution in [0.25, 0.3) is 0 Å². The van der Waals surface area contributed by atoms with Crippen LogP contribution >= 0.6 is 31.9 Å². The van der Waals surface area contributed by atoms with E-state index in [-0.39, 0.29) is 0 Å². The van der Waals surface area contributed by atoms with Crippen LogP contribution < -0.4 is 0 Å². The van der Waals surface area contributed by atoms with Gasteiger partial charge in [-0.1, -0.05) is 64.0 Å². The predicted octanol–water partition coefficient (Wildman–Crippen LogP) is 4.26. The topological polar surface area (TPSA) is 0 Å². The maximum atomic E-state index is 3.73. The van der Waals surface area contributed by atoms with E-state index in [2.05, 4.69) is 31.9 Å². The number of hydrogen-bond acceptors (Lipinski definition) is 0. The van der Waals surface area contributed by atoms with Gasteiger partial charge in [0.25, 0.3) is 0 Å². The molecule has 1 aliphatic rings. The quantitative estimate of drug-likeness (QED) is 0.583. The first kappa shape index (κ1) is 10.0. The molecule has 2 unspecified atom stereocenters. The highest BCUT2D eigenvalue weighted by molar-refractivity contribution is 9.12. The van der Waals surface area contributed by atoms with Crippen molar-refractivity contribution >= 4 is 31.9 Å². The number of rotatable bonds is 0. The fraction of sp³-hybridized carbons (Fsp3) is 1.00. The Morgan fingerprint density at radius 3 is 1.45 bits per heavy atom. The predicted molar refractivity (Wildman–Crippen MR) is 57.7 cm³/mol. The molecule has 0 aromatic heterocycles. The summed E-state index contributed by atoms with van der Waals surface area (Å²) in [6, 6.07) is 0. The molecule has 1 fully saturated rings. The van der Waals surface area contributed by atoms with E-state index in [4.69, 9.17) is 0 Å². The molecule has 1 aliphatic carbocycles. The van der Waals surface area contributed by atoms with Crippen molar-refractivity contribution < 1.29 is 0 Å². The third-order valence-corrected chi connectivity index (χ3v) is 5.25. The lowest BCUT2D eigenvalue weighted by molar-refractivity contribution is 0.626. The molecule has 0 nitrogen and oxygen atoms in total. The van der Waals surface area contributed by atoms with Crippen molar-refractivity contribution in [3.63, 3.8) is 0 Å². The molecule has 0 aliphatic heterocycles. The van der Waals surface area contributed by atoms with Gasteiger partial charge in [-0.15, -0.1) is 0 Å². The van der Waals surface area contributed by atoms with Crippen LogP contribution in [0.4, 0.5) is 0 Å². The Morgan fingerprint density at radius 1 is 0.636 bits per heavy atom. The Bertz CT molecular complexity index is 91.7. The Labute approximate surface area is 86.4 Å².